The van der Waals surface area contributed by atoms with E-state index in [9.17, 15) is 13.2 Å². The van der Waals surface area contributed by atoms with E-state index in [0.29, 0.717) is 0 Å². The van der Waals surface area contributed by atoms with Crippen LogP contribution >= 0.6 is 0 Å². The zero-order chi connectivity index (χ0) is 10.9. The Bertz CT molecular complexity index is 321. The van der Waals surface area contributed by atoms with Crippen molar-refractivity contribution in [1.29, 1.82) is 0 Å². The normalized spacial score (nSPS) is 10.8. The average Bonchev–Trinajstić information content (AvgIpc) is 2.09. The molecule has 4 heteroatoms. The lowest BCUT2D eigenvalue weighted by Gasteiger charge is -2.13. The topological polar surface area (TPSA) is 12.0 Å². The molecule has 0 saturated heterocycles. The molecule has 0 bridgehead atoms. The summed E-state index contributed by atoms with van der Waals surface area (Å²) in [5.74, 6) is -2.94. The summed E-state index contributed by atoms with van der Waals surface area (Å²) in [6, 6.07) is 0.691. The first-order valence-corrected chi connectivity index (χ1v) is 4.34. The van der Waals surface area contributed by atoms with Gasteiger partial charge in [0, 0.05) is 6.04 Å². The Morgan fingerprint density at radius 1 is 1.14 bits per heavy atom. The molecule has 1 rings (SSSR count). The first kappa shape index (κ1) is 10.9. The molecule has 14 heavy (non-hydrogen) atoms. The minimum atomic E-state index is -1.16. The quantitative estimate of drug-likeness (QED) is 0.727. The monoisotopic (exact) mass is 203 g/mol. The van der Waals surface area contributed by atoms with E-state index in [2.05, 4.69) is 5.32 Å². The van der Waals surface area contributed by atoms with Crippen LogP contribution in [0.1, 0.15) is 19.4 Å². The van der Waals surface area contributed by atoms with Crippen molar-refractivity contribution in [3.8, 4) is 0 Å². The lowest BCUT2D eigenvalue weighted by molar-refractivity contribution is 0.495. The number of rotatable bonds is 2. The van der Waals surface area contributed by atoms with E-state index >= 15 is 0 Å². The standard InChI is InChI=1S/C10H12F3N/c1-5(2)14-10-8(12)6(3)4-7(11)9(10)13/h4-5,14H,1-3H3. The third-order valence-electron chi connectivity index (χ3n) is 1.77. The van der Waals surface area contributed by atoms with Crippen LogP contribution in [0.25, 0.3) is 0 Å². The van der Waals surface area contributed by atoms with Gasteiger partial charge in [0.05, 0.1) is 0 Å². The van der Waals surface area contributed by atoms with Crippen molar-refractivity contribution in [3.05, 3.63) is 29.1 Å². The summed E-state index contributed by atoms with van der Waals surface area (Å²) < 4.78 is 39.3. The molecule has 0 unspecified atom stereocenters. The fourth-order valence-electron chi connectivity index (χ4n) is 1.15. The van der Waals surface area contributed by atoms with Gasteiger partial charge in [0.15, 0.2) is 17.5 Å². The van der Waals surface area contributed by atoms with Crippen LogP contribution in [0.2, 0.25) is 0 Å². The second kappa shape index (κ2) is 3.90. The molecule has 0 fully saturated rings. The third kappa shape index (κ3) is 2.00. The summed E-state index contributed by atoms with van der Waals surface area (Å²) in [6.07, 6.45) is 0. The fraction of sp³-hybridized carbons (Fsp3) is 0.400. The van der Waals surface area contributed by atoms with Crippen LogP contribution in [0.3, 0.4) is 0 Å². The maximum atomic E-state index is 13.3. The highest BCUT2D eigenvalue weighted by Crippen LogP contribution is 2.24. The predicted octanol–water partition coefficient (Wildman–Crippen LogP) is 3.23. The SMILES string of the molecule is Cc1cc(F)c(F)c(NC(C)C)c1F. The smallest absolute Gasteiger partial charge is 0.184 e. The number of nitrogens with one attached hydrogen (secondary N) is 1. The van der Waals surface area contributed by atoms with Gasteiger partial charge >= 0.3 is 0 Å². The molecule has 0 aliphatic carbocycles. The Balaban J connectivity index is 3.25. The van der Waals surface area contributed by atoms with Gasteiger partial charge in [-0.25, -0.2) is 13.2 Å². The van der Waals surface area contributed by atoms with E-state index in [0.717, 1.165) is 6.07 Å². The van der Waals surface area contributed by atoms with Gasteiger partial charge in [-0.2, -0.15) is 0 Å². The molecule has 0 heterocycles. The number of aryl methyl sites for hydroxylation is 1. The molecule has 0 spiro atoms. The third-order valence-corrected chi connectivity index (χ3v) is 1.77. The molecule has 1 aromatic rings. The molecule has 78 valence electrons. The van der Waals surface area contributed by atoms with E-state index in [4.69, 9.17) is 0 Å². The second-order valence-electron chi connectivity index (χ2n) is 3.48. The summed E-state index contributed by atoms with van der Waals surface area (Å²) in [4.78, 5) is 0. The number of benzene rings is 1. The first-order valence-electron chi connectivity index (χ1n) is 4.34. The molecule has 0 aliphatic heterocycles. The molecule has 0 aromatic heterocycles. The number of hydrogen-bond donors (Lipinski definition) is 1. The maximum Gasteiger partial charge on any atom is 0.184 e. The molecule has 0 aliphatic rings. The molecule has 0 atom stereocenters. The van der Waals surface area contributed by atoms with Crippen molar-refractivity contribution in [3.63, 3.8) is 0 Å². The van der Waals surface area contributed by atoms with E-state index < -0.39 is 23.1 Å². The number of anilines is 1. The lowest BCUT2D eigenvalue weighted by atomic mass is 10.1. The van der Waals surface area contributed by atoms with Crippen molar-refractivity contribution >= 4 is 5.69 Å². The predicted molar refractivity (Wildman–Crippen MR) is 49.8 cm³/mol. The van der Waals surface area contributed by atoms with Crippen LogP contribution < -0.4 is 5.32 Å². The Kier molecular flexibility index (Phi) is 3.03. The van der Waals surface area contributed by atoms with Crippen molar-refractivity contribution in [2.75, 3.05) is 5.32 Å². The van der Waals surface area contributed by atoms with Crippen LogP contribution in [-0.4, -0.2) is 6.04 Å². The van der Waals surface area contributed by atoms with Crippen LogP contribution in [-0.2, 0) is 0 Å². The van der Waals surface area contributed by atoms with Crippen LogP contribution in [0.15, 0.2) is 6.07 Å². The summed E-state index contributed by atoms with van der Waals surface area (Å²) in [5, 5.41) is 2.53. The molecule has 0 saturated carbocycles. The molecule has 1 N–H and O–H groups in total. The highest BCUT2D eigenvalue weighted by atomic mass is 19.2. The van der Waals surface area contributed by atoms with Crippen molar-refractivity contribution in [1.82, 2.24) is 0 Å². The van der Waals surface area contributed by atoms with E-state index in [1.54, 1.807) is 13.8 Å². The average molecular weight is 203 g/mol. The maximum absolute atomic E-state index is 13.3. The Hall–Kier alpha value is -1.19. The lowest BCUT2D eigenvalue weighted by Crippen LogP contribution is -2.14. The second-order valence-corrected chi connectivity index (χ2v) is 3.48. The van der Waals surface area contributed by atoms with Crippen molar-refractivity contribution in [2.24, 2.45) is 0 Å². The molecule has 0 radical (unpaired) electrons. The summed E-state index contributed by atoms with van der Waals surface area (Å²) >= 11 is 0. The zero-order valence-corrected chi connectivity index (χ0v) is 8.29. The molecular formula is C10H12F3N. The molecule has 0 amide bonds. The van der Waals surface area contributed by atoms with Gasteiger partial charge < -0.3 is 5.32 Å². The number of halogens is 3. The van der Waals surface area contributed by atoms with Crippen LogP contribution in [0, 0.1) is 24.4 Å². The van der Waals surface area contributed by atoms with Crippen LogP contribution in [0.4, 0.5) is 18.9 Å². The van der Waals surface area contributed by atoms with Gasteiger partial charge in [-0.15, -0.1) is 0 Å². The summed E-state index contributed by atoms with van der Waals surface area (Å²) in [5.41, 5.74) is -0.301. The highest BCUT2D eigenvalue weighted by molar-refractivity contribution is 5.50. The minimum absolute atomic E-state index is 0.0899. The Morgan fingerprint density at radius 3 is 2.21 bits per heavy atom. The summed E-state index contributed by atoms with van der Waals surface area (Å²) in [6.45, 7) is 4.83. The van der Waals surface area contributed by atoms with E-state index in [1.807, 2.05) is 0 Å². The van der Waals surface area contributed by atoms with Crippen molar-refractivity contribution in [2.45, 2.75) is 26.8 Å². The molecular weight excluding hydrogens is 191 g/mol. The fourth-order valence-corrected chi connectivity index (χ4v) is 1.15. The zero-order valence-electron chi connectivity index (χ0n) is 8.29. The van der Waals surface area contributed by atoms with Gasteiger partial charge in [-0.3, -0.25) is 0 Å². The van der Waals surface area contributed by atoms with E-state index in [-0.39, 0.29) is 11.6 Å². The first-order chi connectivity index (χ1) is 6.43. The Morgan fingerprint density at radius 2 is 1.71 bits per heavy atom. The van der Waals surface area contributed by atoms with Gasteiger partial charge in [0.2, 0.25) is 0 Å². The molecule has 1 aromatic carbocycles. The van der Waals surface area contributed by atoms with Gasteiger partial charge in [0.25, 0.3) is 0 Å². The van der Waals surface area contributed by atoms with Crippen molar-refractivity contribution < 1.29 is 13.2 Å². The van der Waals surface area contributed by atoms with Gasteiger partial charge in [0.1, 0.15) is 5.69 Å². The van der Waals surface area contributed by atoms with Gasteiger partial charge in [-0.05, 0) is 32.4 Å². The molecule has 1 nitrogen and oxygen atoms in total. The van der Waals surface area contributed by atoms with Crippen LogP contribution in [0.5, 0.6) is 0 Å². The largest absolute Gasteiger partial charge is 0.378 e. The Labute approximate surface area is 80.9 Å². The number of hydrogen-bond acceptors (Lipinski definition) is 1. The highest BCUT2D eigenvalue weighted by Gasteiger charge is 2.16. The van der Waals surface area contributed by atoms with Gasteiger partial charge in [-0.1, -0.05) is 0 Å². The minimum Gasteiger partial charge on any atom is -0.378 e. The summed E-state index contributed by atoms with van der Waals surface area (Å²) in [7, 11) is 0. The van der Waals surface area contributed by atoms with E-state index in [1.165, 1.54) is 6.92 Å².